The van der Waals surface area contributed by atoms with E-state index in [4.69, 9.17) is 73.2 Å². The van der Waals surface area contributed by atoms with Crippen molar-refractivity contribution in [3.05, 3.63) is 59.7 Å². The van der Waals surface area contributed by atoms with E-state index in [1.165, 1.54) is 22.3 Å². The Kier molecular flexibility index (Phi) is 31.3. The molecule has 0 unspecified atom stereocenters. The summed E-state index contributed by atoms with van der Waals surface area (Å²) in [5.74, 6) is 0.540. The number of nitrogens with one attached hydrogen (secondary N) is 1. The third-order valence-corrected chi connectivity index (χ3v) is 8.55. The third-order valence-electron chi connectivity index (χ3n) is 8.39. The van der Waals surface area contributed by atoms with E-state index in [0.29, 0.717) is 184 Å². The van der Waals surface area contributed by atoms with Crippen molar-refractivity contribution in [1.82, 2.24) is 5.32 Å². The number of alkyl halides is 1. The van der Waals surface area contributed by atoms with Crippen LogP contribution in [-0.4, -0.2) is 184 Å². The van der Waals surface area contributed by atoms with Gasteiger partial charge < -0.3 is 66.9 Å². The fraction of sp³-hybridized carbons (Fsp3) is 0.690. The molecule has 0 saturated carbocycles. The van der Waals surface area contributed by atoms with Crippen LogP contribution in [0.1, 0.15) is 23.5 Å². The molecule has 1 N–H and O–H groups in total. The summed E-state index contributed by atoms with van der Waals surface area (Å²) in [6.45, 7) is 12.8. The average molecular weight is 844 g/mol. The third kappa shape index (κ3) is 24.6. The summed E-state index contributed by atoms with van der Waals surface area (Å²) < 4.78 is 71.2. The van der Waals surface area contributed by atoms with Crippen LogP contribution >= 0.6 is 11.6 Å². The molecule has 2 aromatic rings. The lowest BCUT2D eigenvalue weighted by atomic mass is 9.98. The lowest BCUT2D eigenvalue weighted by molar-refractivity contribution is -0.0282. The molecule has 1 amide bonds. The number of hydrogen-bond acceptors (Lipinski definition) is 14. The number of carbonyl (C=O) groups is 1. The number of hydrogen-bond donors (Lipinski definition) is 1. The molecule has 0 atom stereocenters. The van der Waals surface area contributed by atoms with Gasteiger partial charge in [-0.25, -0.2) is 4.79 Å². The van der Waals surface area contributed by atoms with E-state index < -0.39 is 6.09 Å². The SMILES string of the molecule is O=C(NCCCOCCOCCOCCOCCOCCOCCOCCOCCOCCOCCOCCOCCCl)OCC1c2ccccc2-c2ccccc21. The summed E-state index contributed by atoms with van der Waals surface area (Å²) in [5, 5.41) is 2.81. The molecule has 16 heteroatoms. The highest BCUT2D eigenvalue weighted by Crippen LogP contribution is 2.44. The maximum Gasteiger partial charge on any atom is 0.407 e. The molecule has 0 bridgehead atoms. The molecule has 0 saturated heterocycles. The van der Waals surface area contributed by atoms with Gasteiger partial charge in [-0.1, -0.05) is 48.5 Å². The first-order valence-electron chi connectivity index (χ1n) is 20.4. The quantitative estimate of drug-likeness (QED) is 0.0747. The van der Waals surface area contributed by atoms with E-state index in [1.54, 1.807) is 0 Å². The van der Waals surface area contributed by atoms with Crippen molar-refractivity contribution in [2.24, 2.45) is 0 Å². The predicted octanol–water partition coefficient (Wildman–Crippen LogP) is 4.35. The van der Waals surface area contributed by atoms with E-state index in [1.807, 2.05) is 24.3 Å². The van der Waals surface area contributed by atoms with Gasteiger partial charge in [-0.15, -0.1) is 11.6 Å². The highest BCUT2D eigenvalue weighted by atomic mass is 35.5. The Labute approximate surface area is 349 Å². The smallest absolute Gasteiger partial charge is 0.407 e. The number of carbonyl (C=O) groups excluding carboxylic acids is 1. The minimum absolute atomic E-state index is 0.0476. The number of benzene rings is 2. The van der Waals surface area contributed by atoms with Crippen molar-refractivity contribution < 1.29 is 66.4 Å². The number of amides is 1. The summed E-state index contributed by atoms with van der Waals surface area (Å²) in [7, 11) is 0. The van der Waals surface area contributed by atoms with E-state index >= 15 is 0 Å². The van der Waals surface area contributed by atoms with Crippen molar-refractivity contribution >= 4 is 17.7 Å². The van der Waals surface area contributed by atoms with E-state index in [2.05, 4.69) is 29.6 Å². The summed E-state index contributed by atoms with van der Waals surface area (Å²) in [5.41, 5.74) is 4.80. The fourth-order valence-corrected chi connectivity index (χ4v) is 5.70. The zero-order valence-electron chi connectivity index (χ0n) is 34.1. The summed E-state index contributed by atoms with van der Waals surface area (Å²) in [6.07, 6.45) is 0.266. The summed E-state index contributed by atoms with van der Waals surface area (Å²) in [4.78, 5) is 12.3. The van der Waals surface area contributed by atoms with Crippen molar-refractivity contribution in [1.29, 1.82) is 0 Å². The Bertz CT molecular complexity index is 1220. The highest BCUT2D eigenvalue weighted by molar-refractivity contribution is 6.17. The number of ether oxygens (including phenoxy) is 13. The molecule has 0 heterocycles. The molecule has 1 aliphatic carbocycles. The summed E-state index contributed by atoms with van der Waals surface area (Å²) in [6, 6.07) is 16.6. The maximum absolute atomic E-state index is 12.3. The van der Waals surface area contributed by atoms with Crippen molar-refractivity contribution in [2.75, 3.05) is 178 Å². The monoisotopic (exact) mass is 843 g/mol. The molecule has 330 valence electrons. The predicted molar refractivity (Wildman–Crippen MR) is 218 cm³/mol. The minimum Gasteiger partial charge on any atom is -0.449 e. The molecule has 3 rings (SSSR count). The molecular weight excluding hydrogens is 778 g/mol. The van der Waals surface area contributed by atoms with Gasteiger partial charge in [-0.05, 0) is 28.7 Å². The van der Waals surface area contributed by atoms with Crippen LogP contribution in [0.25, 0.3) is 11.1 Å². The van der Waals surface area contributed by atoms with Crippen LogP contribution in [0.15, 0.2) is 48.5 Å². The zero-order valence-corrected chi connectivity index (χ0v) is 34.8. The largest absolute Gasteiger partial charge is 0.449 e. The second kappa shape index (κ2) is 36.4. The standard InChI is InChI=1S/C42H66ClNO14/c43-10-13-47-15-17-49-19-21-51-23-25-53-27-29-55-31-33-57-35-34-56-32-30-54-28-26-52-24-22-50-20-18-48-16-14-46-12-5-11-44-42(45)58-36-41-39-8-3-1-6-37(39)38-7-2-4-9-40(38)41/h1-4,6-9,41H,5,10-36H2,(H,44,45). The molecular formula is C42H66ClNO14. The van der Waals surface area contributed by atoms with Crippen molar-refractivity contribution in [3.8, 4) is 11.1 Å². The maximum atomic E-state index is 12.3. The van der Waals surface area contributed by atoms with Crippen LogP contribution in [0.3, 0.4) is 0 Å². The lowest BCUT2D eigenvalue weighted by Gasteiger charge is -2.14. The molecule has 0 aromatic heterocycles. The van der Waals surface area contributed by atoms with Gasteiger partial charge >= 0.3 is 6.09 Å². The molecule has 58 heavy (non-hydrogen) atoms. The molecule has 2 aromatic carbocycles. The molecule has 1 aliphatic rings. The van der Waals surface area contributed by atoms with Gasteiger partial charge in [0, 0.05) is 24.9 Å². The van der Waals surface area contributed by atoms with Gasteiger partial charge in [0.2, 0.25) is 0 Å². The minimum atomic E-state index is -0.417. The molecule has 0 spiro atoms. The van der Waals surface area contributed by atoms with Crippen LogP contribution < -0.4 is 5.32 Å². The van der Waals surface area contributed by atoms with Crippen LogP contribution in [0.5, 0.6) is 0 Å². The Hall–Kier alpha value is -2.48. The topological polar surface area (TPSA) is 149 Å². The molecule has 0 radical (unpaired) electrons. The van der Waals surface area contributed by atoms with Gasteiger partial charge in [-0.3, -0.25) is 0 Å². The second-order valence-corrected chi connectivity index (χ2v) is 13.0. The van der Waals surface area contributed by atoms with Gasteiger partial charge in [0.15, 0.2) is 0 Å². The van der Waals surface area contributed by atoms with E-state index in [9.17, 15) is 4.79 Å². The summed E-state index contributed by atoms with van der Waals surface area (Å²) >= 11 is 5.52. The Morgan fingerprint density at radius 2 is 0.724 bits per heavy atom. The first kappa shape index (κ1) is 49.9. The van der Waals surface area contributed by atoms with E-state index in [0.717, 1.165) is 0 Å². The van der Waals surface area contributed by atoms with E-state index in [-0.39, 0.29) is 5.92 Å². The number of halogens is 1. The van der Waals surface area contributed by atoms with Crippen LogP contribution in [0, 0.1) is 0 Å². The van der Waals surface area contributed by atoms with Gasteiger partial charge in [-0.2, -0.15) is 0 Å². The second-order valence-electron chi connectivity index (χ2n) is 12.6. The zero-order chi connectivity index (χ0) is 40.8. The first-order valence-corrected chi connectivity index (χ1v) is 20.9. The first-order chi connectivity index (χ1) is 28.8. The highest BCUT2D eigenvalue weighted by Gasteiger charge is 2.28. The number of alkyl carbamates (subject to hydrolysis) is 1. The Balaban J connectivity index is 0.927. The normalized spacial score (nSPS) is 12.2. The van der Waals surface area contributed by atoms with Crippen molar-refractivity contribution in [3.63, 3.8) is 0 Å². The number of rotatable bonds is 41. The van der Waals surface area contributed by atoms with Crippen LogP contribution in [-0.2, 0) is 61.6 Å². The number of fused-ring (bicyclic) bond motifs is 3. The van der Waals surface area contributed by atoms with Gasteiger partial charge in [0.25, 0.3) is 0 Å². The molecule has 15 nitrogen and oxygen atoms in total. The average Bonchev–Trinajstić information content (AvgIpc) is 3.57. The van der Waals surface area contributed by atoms with Crippen molar-refractivity contribution in [2.45, 2.75) is 12.3 Å². The molecule has 0 aliphatic heterocycles. The lowest BCUT2D eigenvalue weighted by Crippen LogP contribution is -2.27. The van der Waals surface area contributed by atoms with Crippen LogP contribution in [0.2, 0.25) is 0 Å². The van der Waals surface area contributed by atoms with Gasteiger partial charge in [0.05, 0.1) is 152 Å². The fourth-order valence-electron chi connectivity index (χ4n) is 5.59. The Morgan fingerprint density at radius 1 is 0.431 bits per heavy atom. The molecule has 0 fully saturated rings. The Morgan fingerprint density at radius 3 is 1.05 bits per heavy atom. The van der Waals surface area contributed by atoms with Gasteiger partial charge in [0.1, 0.15) is 6.61 Å². The van der Waals surface area contributed by atoms with Crippen LogP contribution in [0.4, 0.5) is 4.79 Å².